The van der Waals surface area contributed by atoms with Crippen LogP contribution in [0, 0.1) is 6.92 Å². The molecule has 0 saturated heterocycles. The number of hydrogen-bond acceptors (Lipinski definition) is 5. The lowest BCUT2D eigenvalue weighted by Gasteiger charge is -2.16. The Bertz CT molecular complexity index is 979. The van der Waals surface area contributed by atoms with E-state index in [2.05, 4.69) is 10.3 Å². The predicted molar refractivity (Wildman–Crippen MR) is 104 cm³/mol. The van der Waals surface area contributed by atoms with Crippen molar-refractivity contribution in [1.82, 2.24) is 14.9 Å². The van der Waals surface area contributed by atoms with Gasteiger partial charge in [0.25, 0.3) is 5.91 Å². The summed E-state index contributed by atoms with van der Waals surface area (Å²) < 4.78 is 12.7. The van der Waals surface area contributed by atoms with E-state index in [-0.39, 0.29) is 11.9 Å². The van der Waals surface area contributed by atoms with E-state index in [9.17, 15) is 4.79 Å². The number of carbonyl (C=O) groups is 1. The SMILES string of the molecule is COc1cc2c(cc1OC)C(NC(=O)c1nc(-n3cccc3)sc1C)CC2. The van der Waals surface area contributed by atoms with Crippen molar-refractivity contribution in [2.45, 2.75) is 25.8 Å². The van der Waals surface area contributed by atoms with Gasteiger partial charge in [-0.1, -0.05) is 0 Å². The summed E-state index contributed by atoms with van der Waals surface area (Å²) in [4.78, 5) is 18.3. The first-order chi connectivity index (χ1) is 13.1. The Balaban J connectivity index is 1.57. The van der Waals surface area contributed by atoms with Crippen molar-refractivity contribution in [2.24, 2.45) is 0 Å². The van der Waals surface area contributed by atoms with Gasteiger partial charge in [0, 0.05) is 17.3 Å². The minimum atomic E-state index is -0.144. The number of aryl methyl sites for hydroxylation is 2. The lowest BCUT2D eigenvalue weighted by Crippen LogP contribution is -2.28. The second-order valence-corrected chi connectivity index (χ2v) is 7.64. The van der Waals surface area contributed by atoms with Gasteiger partial charge in [0.05, 0.1) is 20.3 Å². The topological polar surface area (TPSA) is 65.4 Å². The molecule has 2 heterocycles. The Morgan fingerprint density at radius 2 is 1.93 bits per heavy atom. The van der Waals surface area contributed by atoms with Crippen LogP contribution in [0.2, 0.25) is 0 Å². The molecule has 2 aromatic heterocycles. The summed E-state index contributed by atoms with van der Waals surface area (Å²) in [6.45, 7) is 1.93. The summed E-state index contributed by atoms with van der Waals surface area (Å²) in [5.74, 6) is 1.25. The Kier molecular flexibility index (Phi) is 4.61. The minimum Gasteiger partial charge on any atom is -0.493 e. The van der Waals surface area contributed by atoms with Gasteiger partial charge < -0.3 is 19.4 Å². The number of hydrogen-bond donors (Lipinski definition) is 1. The second kappa shape index (κ2) is 7.08. The molecular formula is C20H21N3O3S. The maximum Gasteiger partial charge on any atom is 0.271 e. The molecule has 4 rings (SSSR count). The van der Waals surface area contributed by atoms with Crippen LogP contribution < -0.4 is 14.8 Å². The van der Waals surface area contributed by atoms with E-state index in [1.807, 2.05) is 48.1 Å². The third kappa shape index (κ3) is 3.19. The van der Waals surface area contributed by atoms with Gasteiger partial charge in [0.15, 0.2) is 16.6 Å². The Morgan fingerprint density at radius 3 is 2.63 bits per heavy atom. The first kappa shape index (κ1) is 17.6. The molecule has 1 aliphatic carbocycles. The van der Waals surface area contributed by atoms with Crippen LogP contribution in [0.4, 0.5) is 0 Å². The average Bonchev–Trinajstić information content (AvgIpc) is 3.40. The van der Waals surface area contributed by atoms with Crippen molar-refractivity contribution in [1.29, 1.82) is 0 Å². The number of thiazole rings is 1. The van der Waals surface area contributed by atoms with Crippen molar-refractivity contribution in [2.75, 3.05) is 14.2 Å². The van der Waals surface area contributed by atoms with Crippen LogP contribution in [0.5, 0.6) is 11.5 Å². The van der Waals surface area contributed by atoms with E-state index in [0.717, 1.165) is 34.2 Å². The molecule has 0 bridgehead atoms. The highest BCUT2D eigenvalue weighted by Gasteiger charge is 2.28. The molecule has 7 heteroatoms. The fraction of sp³-hybridized carbons (Fsp3) is 0.300. The normalized spacial score (nSPS) is 15.4. The van der Waals surface area contributed by atoms with Gasteiger partial charge >= 0.3 is 0 Å². The maximum absolute atomic E-state index is 12.9. The first-order valence-corrected chi connectivity index (χ1v) is 9.58. The van der Waals surface area contributed by atoms with Gasteiger partial charge in [0.1, 0.15) is 5.69 Å². The van der Waals surface area contributed by atoms with E-state index in [0.29, 0.717) is 11.4 Å². The zero-order valence-electron chi connectivity index (χ0n) is 15.5. The smallest absolute Gasteiger partial charge is 0.271 e. The highest BCUT2D eigenvalue weighted by molar-refractivity contribution is 7.14. The molecule has 1 aliphatic rings. The molecule has 6 nitrogen and oxygen atoms in total. The van der Waals surface area contributed by atoms with E-state index in [1.165, 1.54) is 16.9 Å². The van der Waals surface area contributed by atoms with Crippen molar-refractivity contribution in [3.63, 3.8) is 0 Å². The summed E-state index contributed by atoms with van der Waals surface area (Å²) in [6.07, 6.45) is 5.59. The van der Waals surface area contributed by atoms with Gasteiger partial charge in [-0.3, -0.25) is 4.79 Å². The molecule has 1 N–H and O–H groups in total. The van der Waals surface area contributed by atoms with Crippen LogP contribution in [0.25, 0.3) is 5.13 Å². The van der Waals surface area contributed by atoms with E-state index in [1.54, 1.807) is 14.2 Å². The van der Waals surface area contributed by atoms with Gasteiger partial charge in [-0.2, -0.15) is 0 Å². The number of fused-ring (bicyclic) bond motifs is 1. The number of nitrogens with zero attached hydrogens (tertiary/aromatic N) is 2. The Labute approximate surface area is 161 Å². The maximum atomic E-state index is 12.9. The lowest BCUT2D eigenvalue weighted by molar-refractivity contribution is 0.0931. The molecule has 27 heavy (non-hydrogen) atoms. The molecular weight excluding hydrogens is 362 g/mol. The van der Waals surface area contributed by atoms with Gasteiger partial charge in [-0.25, -0.2) is 4.98 Å². The van der Waals surface area contributed by atoms with E-state index >= 15 is 0 Å². The molecule has 0 fully saturated rings. The number of methoxy groups -OCH3 is 2. The molecule has 1 atom stereocenters. The minimum absolute atomic E-state index is 0.0524. The summed E-state index contributed by atoms with van der Waals surface area (Å²) in [5.41, 5.74) is 2.75. The van der Waals surface area contributed by atoms with Crippen molar-refractivity contribution >= 4 is 17.2 Å². The summed E-state index contributed by atoms with van der Waals surface area (Å²) in [7, 11) is 3.25. The number of nitrogens with one attached hydrogen (secondary N) is 1. The van der Waals surface area contributed by atoms with Crippen molar-refractivity contribution in [3.05, 3.63) is 58.4 Å². The fourth-order valence-electron chi connectivity index (χ4n) is 3.48. The monoisotopic (exact) mass is 383 g/mol. The number of carbonyl (C=O) groups excluding carboxylic acids is 1. The molecule has 1 aromatic carbocycles. The molecule has 0 saturated carbocycles. The van der Waals surface area contributed by atoms with Gasteiger partial charge in [-0.05, 0) is 55.2 Å². The molecule has 0 radical (unpaired) electrons. The molecule has 1 unspecified atom stereocenters. The number of rotatable bonds is 5. The summed E-state index contributed by atoms with van der Waals surface area (Å²) in [6, 6.07) is 7.79. The Morgan fingerprint density at radius 1 is 1.22 bits per heavy atom. The Hall–Kier alpha value is -2.80. The number of aromatic nitrogens is 2. The first-order valence-electron chi connectivity index (χ1n) is 8.77. The lowest BCUT2D eigenvalue weighted by atomic mass is 10.1. The van der Waals surface area contributed by atoms with Crippen molar-refractivity contribution in [3.8, 4) is 16.6 Å². The zero-order valence-corrected chi connectivity index (χ0v) is 16.3. The summed E-state index contributed by atoms with van der Waals surface area (Å²) >= 11 is 1.51. The average molecular weight is 383 g/mol. The van der Waals surface area contributed by atoms with Crippen LogP contribution in [0.1, 0.15) is 39.0 Å². The summed E-state index contributed by atoms with van der Waals surface area (Å²) in [5, 5.41) is 3.93. The van der Waals surface area contributed by atoms with E-state index < -0.39 is 0 Å². The number of amides is 1. The molecule has 3 aromatic rings. The van der Waals surface area contributed by atoms with Crippen LogP contribution >= 0.6 is 11.3 Å². The third-order valence-electron chi connectivity index (χ3n) is 4.85. The van der Waals surface area contributed by atoms with Gasteiger partial charge in [-0.15, -0.1) is 11.3 Å². The van der Waals surface area contributed by atoms with Crippen LogP contribution in [-0.2, 0) is 6.42 Å². The number of benzene rings is 1. The van der Waals surface area contributed by atoms with Crippen LogP contribution in [0.3, 0.4) is 0 Å². The van der Waals surface area contributed by atoms with Crippen LogP contribution in [-0.4, -0.2) is 29.7 Å². The molecule has 0 spiro atoms. The van der Waals surface area contributed by atoms with Crippen molar-refractivity contribution < 1.29 is 14.3 Å². The molecule has 0 aliphatic heterocycles. The molecule has 1 amide bonds. The highest BCUT2D eigenvalue weighted by Crippen LogP contribution is 2.39. The fourth-order valence-corrected chi connectivity index (χ4v) is 4.35. The standard InChI is InChI=1S/C20H21N3O3S/c1-12-18(22-20(27-12)23-8-4-5-9-23)19(24)21-15-7-6-13-10-16(25-2)17(26-3)11-14(13)15/h4-5,8-11,15H,6-7H2,1-3H3,(H,21,24). The quantitative estimate of drug-likeness (QED) is 0.730. The molecule has 140 valence electrons. The van der Waals surface area contributed by atoms with Gasteiger partial charge in [0.2, 0.25) is 0 Å². The third-order valence-corrected chi connectivity index (χ3v) is 5.84. The van der Waals surface area contributed by atoms with E-state index in [4.69, 9.17) is 9.47 Å². The zero-order chi connectivity index (χ0) is 19.0. The highest BCUT2D eigenvalue weighted by atomic mass is 32.1. The predicted octanol–water partition coefficient (Wildman–Crippen LogP) is 3.68. The second-order valence-electron chi connectivity index (χ2n) is 6.46. The van der Waals surface area contributed by atoms with Crippen LogP contribution in [0.15, 0.2) is 36.7 Å². The number of ether oxygens (including phenoxy) is 2. The largest absolute Gasteiger partial charge is 0.493 e.